The number of hydrogen-bond donors (Lipinski definition) is 1. The molecule has 0 fully saturated rings. The zero-order valence-electron chi connectivity index (χ0n) is 11.3. The molecule has 0 aliphatic rings. The third-order valence-corrected chi connectivity index (χ3v) is 2.72. The maximum atomic E-state index is 13.5. The Bertz CT molecular complexity index is 526. The first kappa shape index (κ1) is 17.2. The Morgan fingerprint density at radius 3 is 2.57 bits per heavy atom. The van der Waals surface area contributed by atoms with Crippen molar-refractivity contribution in [2.75, 3.05) is 13.1 Å². The van der Waals surface area contributed by atoms with Crippen LogP contribution in [0.1, 0.15) is 18.1 Å². The Kier molecular flexibility index (Phi) is 5.90. The number of benzene rings is 1. The molecule has 1 aromatic carbocycles. The van der Waals surface area contributed by atoms with Crippen LogP contribution in [-0.2, 0) is 11.3 Å². The lowest BCUT2D eigenvalue weighted by Gasteiger charge is -2.22. The van der Waals surface area contributed by atoms with Crippen molar-refractivity contribution in [1.29, 1.82) is 0 Å². The van der Waals surface area contributed by atoms with Gasteiger partial charge in [0.1, 0.15) is 5.82 Å². The minimum absolute atomic E-state index is 0.00417. The number of carboxylic acid groups (broad SMARTS) is 1. The number of carboxylic acids is 1. The maximum Gasteiger partial charge on any atom is 0.401 e. The number of nitrogens with zero attached hydrogens (tertiary/aromatic N) is 1. The fourth-order valence-electron chi connectivity index (χ4n) is 1.77. The van der Waals surface area contributed by atoms with Crippen LogP contribution < -0.4 is 0 Å². The summed E-state index contributed by atoms with van der Waals surface area (Å²) in [6, 6.07) is 3.83. The standard InChI is InChI=1S/C14H15F4NO2/c1-2-19(9-14(16,17)18)8-10-3-5-12(15)11(7-10)4-6-13(20)21/h3-7H,2,8-9H2,1H3,(H,20,21). The van der Waals surface area contributed by atoms with Crippen molar-refractivity contribution in [2.45, 2.75) is 19.6 Å². The van der Waals surface area contributed by atoms with Gasteiger partial charge in [0, 0.05) is 18.2 Å². The molecule has 21 heavy (non-hydrogen) atoms. The van der Waals surface area contributed by atoms with Crippen LogP contribution >= 0.6 is 0 Å². The van der Waals surface area contributed by atoms with E-state index in [1.54, 1.807) is 6.92 Å². The van der Waals surface area contributed by atoms with Crippen LogP contribution in [0.15, 0.2) is 24.3 Å². The van der Waals surface area contributed by atoms with E-state index in [9.17, 15) is 22.4 Å². The largest absolute Gasteiger partial charge is 0.478 e. The molecule has 3 nitrogen and oxygen atoms in total. The summed E-state index contributed by atoms with van der Waals surface area (Å²) in [4.78, 5) is 11.6. The van der Waals surface area contributed by atoms with Gasteiger partial charge in [0.25, 0.3) is 0 Å². The Balaban J connectivity index is 2.88. The molecule has 0 saturated heterocycles. The van der Waals surface area contributed by atoms with Crippen LogP contribution in [0.4, 0.5) is 17.6 Å². The molecule has 0 heterocycles. The first-order valence-corrected chi connectivity index (χ1v) is 6.20. The average molecular weight is 305 g/mol. The van der Waals surface area contributed by atoms with Gasteiger partial charge in [-0.1, -0.05) is 13.0 Å². The van der Waals surface area contributed by atoms with Gasteiger partial charge in [-0.05, 0) is 30.3 Å². The summed E-state index contributed by atoms with van der Waals surface area (Å²) in [6.45, 7) is 0.739. The molecule has 1 N–H and O–H groups in total. The summed E-state index contributed by atoms with van der Waals surface area (Å²) in [6.07, 6.45) is -2.46. The highest BCUT2D eigenvalue weighted by atomic mass is 19.4. The van der Waals surface area contributed by atoms with Crippen LogP contribution in [-0.4, -0.2) is 35.2 Å². The first-order chi connectivity index (χ1) is 9.71. The summed E-state index contributed by atoms with van der Waals surface area (Å²) in [5.74, 6) is -1.86. The zero-order valence-corrected chi connectivity index (χ0v) is 11.3. The van der Waals surface area contributed by atoms with Gasteiger partial charge < -0.3 is 5.11 Å². The van der Waals surface area contributed by atoms with Gasteiger partial charge in [0.05, 0.1) is 6.54 Å². The highest BCUT2D eigenvalue weighted by Gasteiger charge is 2.30. The van der Waals surface area contributed by atoms with Crippen LogP contribution in [0, 0.1) is 5.82 Å². The Morgan fingerprint density at radius 1 is 1.38 bits per heavy atom. The zero-order chi connectivity index (χ0) is 16.0. The highest BCUT2D eigenvalue weighted by molar-refractivity contribution is 5.85. The first-order valence-electron chi connectivity index (χ1n) is 6.20. The van der Waals surface area contributed by atoms with Gasteiger partial charge >= 0.3 is 12.1 Å². The minimum Gasteiger partial charge on any atom is -0.478 e. The van der Waals surface area contributed by atoms with Crippen LogP contribution in [0.25, 0.3) is 6.08 Å². The third-order valence-electron chi connectivity index (χ3n) is 2.72. The van der Waals surface area contributed by atoms with Gasteiger partial charge in [0.2, 0.25) is 0 Å². The van der Waals surface area contributed by atoms with Crippen molar-refractivity contribution in [1.82, 2.24) is 4.90 Å². The number of rotatable bonds is 6. The molecule has 0 spiro atoms. The van der Waals surface area contributed by atoms with Crippen molar-refractivity contribution >= 4 is 12.0 Å². The fraction of sp³-hybridized carbons (Fsp3) is 0.357. The molecule has 0 unspecified atom stereocenters. The molecule has 0 radical (unpaired) electrons. The molecular formula is C14H15F4NO2. The minimum atomic E-state index is -4.30. The Morgan fingerprint density at radius 2 is 2.05 bits per heavy atom. The molecule has 0 aliphatic carbocycles. The van der Waals surface area contributed by atoms with Crippen molar-refractivity contribution in [3.8, 4) is 0 Å². The predicted octanol–water partition coefficient (Wildman–Crippen LogP) is 3.31. The number of halogens is 4. The predicted molar refractivity (Wildman–Crippen MR) is 70.1 cm³/mol. The van der Waals surface area contributed by atoms with Gasteiger partial charge in [-0.2, -0.15) is 13.2 Å². The second-order valence-corrected chi connectivity index (χ2v) is 4.45. The van der Waals surface area contributed by atoms with Crippen LogP contribution in [0.5, 0.6) is 0 Å². The fourth-order valence-corrected chi connectivity index (χ4v) is 1.77. The van der Waals surface area contributed by atoms with E-state index in [0.29, 0.717) is 5.56 Å². The summed E-state index contributed by atoms with van der Waals surface area (Å²) < 4.78 is 50.6. The molecular weight excluding hydrogens is 290 g/mol. The Labute approximate surface area is 119 Å². The second-order valence-electron chi connectivity index (χ2n) is 4.45. The van der Waals surface area contributed by atoms with Crippen molar-refractivity contribution in [2.24, 2.45) is 0 Å². The van der Waals surface area contributed by atoms with Crippen molar-refractivity contribution in [3.63, 3.8) is 0 Å². The molecule has 0 bridgehead atoms. The van der Waals surface area contributed by atoms with Gasteiger partial charge in [-0.15, -0.1) is 0 Å². The van der Waals surface area contributed by atoms with E-state index < -0.39 is 24.5 Å². The van der Waals surface area contributed by atoms with Crippen molar-refractivity contribution in [3.05, 3.63) is 41.2 Å². The SMILES string of the molecule is CCN(Cc1ccc(F)c(C=CC(=O)O)c1)CC(F)(F)F. The summed E-state index contributed by atoms with van der Waals surface area (Å²) >= 11 is 0. The van der Waals surface area contributed by atoms with E-state index in [1.165, 1.54) is 12.1 Å². The number of aliphatic carboxylic acids is 1. The third kappa shape index (κ3) is 6.40. The van der Waals surface area contributed by atoms with Gasteiger partial charge in [-0.25, -0.2) is 9.18 Å². The quantitative estimate of drug-likeness (QED) is 0.647. The van der Waals surface area contributed by atoms with Crippen LogP contribution in [0.3, 0.4) is 0 Å². The highest BCUT2D eigenvalue weighted by Crippen LogP contribution is 2.19. The topological polar surface area (TPSA) is 40.5 Å². The normalized spacial score (nSPS) is 12.3. The maximum absolute atomic E-state index is 13.5. The monoisotopic (exact) mass is 305 g/mol. The molecule has 1 rings (SSSR count). The average Bonchev–Trinajstić information content (AvgIpc) is 2.36. The molecule has 0 aromatic heterocycles. The number of carbonyl (C=O) groups is 1. The molecule has 0 amide bonds. The lowest BCUT2D eigenvalue weighted by molar-refractivity contribution is -0.146. The van der Waals surface area contributed by atoms with E-state index in [1.807, 2.05) is 0 Å². The summed E-state index contributed by atoms with van der Waals surface area (Å²) in [7, 11) is 0. The number of hydrogen-bond acceptors (Lipinski definition) is 2. The van der Waals surface area contributed by atoms with Gasteiger partial charge in [-0.3, -0.25) is 4.90 Å². The number of alkyl halides is 3. The molecule has 1 aromatic rings. The molecule has 0 atom stereocenters. The molecule has 0 saturated carbocycles. The summed E-state index contributed by atoms with van der Waals surface area (Å²) in [5.41, 5.74) is 0.505. The molecule has 7 heteroatoms. The second kappa shape index (κ2) is 7.21. The van der Waals surface area contributed by atoms with E-state index >= 15 is 0 Å². The smallest absolute Gasteiger partial charge is 0.401 e. The Hall–Kier alpha value is -1.89. The van der Waals surface area contributed by atoms with E-state index in [4.69, 9.17) is 5.11 Å². The van der Waals surface area contributed by atoms with E-state index in [2.05, 4.69) is 0 Å². The lowest BCUT2D eigenvalue weighted by Crippen LogP contribution is -2.33. The van der Waals surface area contributed by atoms with E-state index in [0.717, 1.165) is 23.1 Å². The van der Waals surface area contributed by atoms with Crippen LogP contribution in [0.2, 0.25) is 0 Å². The molecule has 0 aliphatic heterocycles. The summed E-state index contributed by atoms with van der Waals surface area (Å²) in [5, 5.41) is 8.50. The lowest BCUT2D eigenvalue weighted by atomic mass is 10.1. The van der Waals surface area contributed by atoms with Gasteiger partial charge in [0.15, 0.2) is 0 Å². The van der Waals surface area contributed by atoms with E-state index in [-0.39, 0.29) is 18.7 Å². The molecule has 116 valence electrons. The van der Waals surface area contributed by atoms with Crippen molar-refractivity contribution < 1.29 is 27.5 Å².